The lowest BCUT2D eigenvalue weighted by molar-refractivity contribution is -0.0656. The molecule has 2 nitrogen and oxygen atoms in total. The van der Waals surface area contributed by atoms with Gasteiger partial charge in [-0.1, -0.05) is 111 Å². The van der Waals surface area contributed by atoms with Crippen LogP contribution in [0.25, 0.3) is 0 Å². The van der Waals surface area contributed by atoms with Crippen LogP contribution in [0.15, 0.2) is 78.9 Å². The lowest BCUT2D eigenvalue weighted by atomic mass is 9.61. The number of para-hydroxylation sites is 1. The van der Waals surface area contributed by atoms with Gasteiger partial charge in [0.2, 0.25) is 0 Å². The monoisotopic (exact) mass is 504 g/mol. The summed E-state index contributed by atoms with van der Waals surface area (Å²) in [5.74, 6) is 1.47. The maximum absolute atomic E-state index is 3.12. The standard InChI is InChI=1S/C36H44N2/c1-26-16-12-15-25-33(26)37-27(2)34-31-23-13-14-24-32(31)36(29-19-8-4-9-20-29,30-21-10-5-11-22-30)38(34)35(37)28-17-6-3-7-18-28/h3,6-7,12-18,23-25,27,29-30,34-35H,4-5,8-11,19-22H2,1-2H3/t27-,34?,35?/m0/s1. The van der Waals surface area contributed by atoms with Crippen LogP contribution in [0, 0.1) is 18.8 Å². The molecule has 3 fully saturated rings. The van der Waals surface area contributed by atoms with E-state index in [2.05, 4.69) is 103 Å². The average Bonchev–Trinajstić information content (AvgIpc) is 3.45. The molecule has 2 heteroatoms. The van der Waals surface area contributed by atoms with Crippen molar-refractivity contribution in [1.82, 2.24) is 4.90 Å². The molecule has 1 saturated heterocycles. The van der Waals surface area contributed by atoms with Gasteiger partial charge in [-0.15, -0.1) is 0 Å². The fraction of sp³-hybridized carbons (Fsp3) is 0.500. The highest BCUT2D eigenvalue weighted by Gasteiger charge is 2.65. The van der Waals surface area contributed by atoms with Gasteiger partial charge in [-0.05, 0) is 79.7 Å². The Balaban J connectivity index is 1.51. The molecule has 7 rings (SSSR count). The Hall–Kier alpha value is -2.58. The largest absolute Gasteiger partial charge is 0.347 e. The summed E-state index contributed by atoms with van der Waals surface area (Å²) in [6.07, 6.45) is 14.2. The fourth-order valence-electron chi connectivity index (χ4n) is 9.43. The number of nitrogens with zero attached hydrogens (tertiary/aromatic N) is 2. The molecule has 0 radical (unpaired) electrons. The zero-order chi connectivity index (χ0) is 25.7. The Morgan fingerprint density at radius 1 is 0.658 bits per heavy atom. The number of aryl methyl sites for hydroxylation is 1. The second-order valence-electron chi connectivity index (χ2n) is 12.7. The summed E-state index contributed by atoms with van der Waals surface area (Å²) >= 11 is 0. The summed E-state index contributed by atoms with van der Waals surface area (Å²) < 4.78 is 0. The van der Waals surface area contributed by atoms with E-state index in [1.165, 1.54) is 81.0 Å². The highest BCUT2D eigenvalue weighted by molar-refractivity contribution is 5.60. The van der Waals surface area contributed by atoms with Crippen molar-refractivity contribution in [2.45, 2.75) is 102 Å². The van der Waals surface area contributed by atoms with Gasteiger partial charge in [-0.25, -0.2) is 0 Å². The molecule has 38 heavy (non-hydrogen) atoms. The summed E-state index contributed by atoms with van der Waals surface area (Å²) in [6, 6.07) is 31.2. The van der Waals surface area contributed by atoms with E-state index in [1.54, 1.807) is 11.1 Å². The molecule has 4 aliphatic rings. The Morgan fingerprint density at radius 3 is 1.89 bits per heavy atom. The van der Waals surface area contributed by atoms with E-state index >= 15 is 0 Å². The molecule has 2 saturated carbocycles. The lowest BCUT2D eigenvalue weighted by Gasteiger charge is -2.55. The van der Waals surface area contributed by atoms with Gasteiger partial charge < -0.3 is 4.90 Å². The molecule has 2 heterocycles. The summed E-state index contributed by atoms with van der Waals surface area (Å²) in [5.41, 5.74) is 7.68. The van der Waals surface area contributed by atoms with Crippen LogP contribution in [0.1, 0.15) is 106 Å². The minimum Gasteiger partial charge on any atom is -0.347 e. The number of fused-ring (bicyclic) bond motifs is 3. The molecule has 0 bridgehead atoms. The Morgan fingerprint density at radius 2 is 1.24 bits per heavy atom. The predicted octanol–water partition coefficient (Wildman–Crippen LogP) is 9.32. The van der Waals surface area contributed by atoms with Crippen LogP contribution >= 0.6 is 0 Å². The third kappa shape index (κ3) is 3.55. The van der Waals surface area contributed by atoms with Gasteiger partial charge in [0.1, 0.15) is 6.17 Å². The fourth-order valence-corrected chi connectivity index (χ4v) is 9.43. The number of benzene rings is 3. The van der Waals surface area contributed by atoms with Crippen molar-refractivity contribution in [1.29, 1.82) is 0 Å². The summed E-state index contributed by atoms with van der Waals surface area (Å²) in [4.78, 5) is 5.93. The highest BCUT2D eigenvalue weighted by Crippen LogP contribution is 2.66. The van der Waals surface area contributed by atoms with E-state index < -0.39 is 0 Å². The number of hydrogen-bond donors (Lipinski definition) is 0. The van der Waals surface area contributed by atoms with Gasteiger partial charge >= 0.3 is 0 Å². The van der Waals surface area contributed by atoms with E-state index in [0.29, 0.717) is 12.1 Å². The molecule has 0 N–H and O–H groups in total. The maximum Gasteiger partial charge on any atom is 0.110 e. The molecule has 3 aromatic carbocycles. The van der Waals surface area contributed by atoms with Gasteiger partial charge in [0.15, 0.2) is 0 Å². The summed E-state index contributed by atoms with van der Waals surface area (Å²) in [5, 5.41) is 0. The van der Waals surface area contributed by atoms with Crippen molar-refractivity contribution < 1.29 is 0 Å². The van der Waals surface area contributed by atoms with Crippen molar-refractivity contribution in [3.63, 3.8) is 0 Å². The molecule has 0 amide bonds. The third-order valence-electron chi connectivity index (χ3n) is 10.8. The van der Waals surface area contributed by atoms with Crippen molar-refractivity contribution in [2.75, 3.05) is 4.90 Å². The van der Waals surface area contributed by atoms with E-state index in [-0.39, 0.29) is 11.7 Å². The van der Waals surface area contributed by atoms with Crippen molar-refractivity contribution in [3.05, 3.63) is 101 Å². The molecule has 3 atom stereocenters. The first-order valence-corrected chi connectivity index (χ1v) is 15.5. The van der Waals surface area contributed by atoms with E-state index in [4.69, 9.17) is 0 Å². The van der Waals surface area contributed by atoms with Gasteiger partial charge in [0.05, 0.1) is 11.6 Å². The summed E-state index contributed by atoms with van der Waals surface area (Å²) in [7, 11) is 0. The molecular weight excluding hydrogens is 460 g/mol. The van der Waals surface area contributed by atoms with E-state index in [9.17, 15) is 0 Å². The first kappa shape index (κ1) is 24.5. The first-order chi connectivity index (χ1) is 18.7. The topological polar surface area (TPSA) is 6.48 Å². The lowest BCUT2D eigenvalue weighted by Crippen LogP contribution is -2.55. The molecule has 198 valence electrons. The minimum atomic E-state index is 0.119. The smallest absolute Gasteiger partial charge is 0.110 e. The quantitative estimate of drug-likeness (QED) is 0.349. The van der Waals surface area contributed by atoms with Crippen LogP contribution in [0.4, 0.5) is 5.69 Å². The van der Waals surface area contributed by atoms with E-state index in [1.807, 2.05) is 0 Å². The van der Waals surface area contributed by atoms with Gasteiger partial charge in [0.25, 0.3) is 0 Å². The molecule has 0 spiro atoms. The normalized spacial score (nSPS) is 27.8. The second-order valence-corrected chi connectivity index (χ2v) is 12.7. The van der Waals surface area contributed by atoms with Crippen molar-refractivity contribution in [3.8, 4) is 0 Å². The average molecular weight is 505 g/mol. The van der Waals surface area contributed by atoms with E-state index in [0.717, 1.165) is 11.8 Å². The van der Waals surface area contributed by atoms with Crippen LogP contribution in [-0.4, -0.2) is 10.9 Å². The Kier molecular flexibility index (Phi) is 6.35. The van der Waals surface area contributed by atoms with Gasteiger partial charge in [-0.3, -0.25) is 4.90 Å². The highest BCUT2D eigenvalue weighted by atomic mass is 15.5. The molecular formula is C36H44N2. The van der Waals surface area contributed by atoms with Crippen LogP contribution in [0.3, 0.4) is 0 Å². The van der Waals surface area contributed by atoms with Crippen molar-refractivity contribution >= 4 is 5.69 Å². The molecule has 2 aliphatic carbocycles. The zero-order valence-corrected chi connectivity index (χ0v) is 23.4. The Bertz CT molecular complexity index is 1240. The van der Waals surface area contributed by atoms with Gasteiger partial charge in [-0.2, -0.15) is 0 Å². The number of hydrogen-bond acceptors (Lipinski definition) is 2. The van der Waals surface area contributed by atoms with Crippen LogP contribution in [0.5, 0.6) is 0 Å². The molecule has 3 aromatic rings. The number of rotatable bonds is 4. The third-order valence-corrected chi connectivity index (χ3v) is 10.8. The van der Waals surface area contributed by atoms with Crippen LogP contribution in [-0.2, 0) is 5.54 Å². The molecule has 0 aromatic heterocycles. The van der Waals surface area contributed by atoms with Gasteiger partial charge in [0, 0.05) is 11.7 Å². The Labute approximate surface area is 230 Å². The van der Waals surface area contributed by atoms with Crippen molar-refractivity contribution in [2.24, 2.45) is 11.8 Å². The SMILES string of the molecule is Cc1ccccc1N1C(c2ccccc2)N2C(c3ccccc3C2(C2CCCCC2)C2CCCCC2)[C@@H]1C. The molecule has 2 unspecified atom stereocenters. The van der Waals surface area contributed by atoms with Crippen LogP contribution in [0.2, 0.25) is 0 Å². The zero-order valence-electron chi connectivity index (χ0n) is 23.4. The predicted molar refractivity (Wildman–Crippen MR) is 158 cm³/mol. The minimum absolute atomic E-state index is 0.119. The molecule has 2 aliphatic heterocycles. The maximum atomic E-state index is 3.12. The first-order valence-electron chi connectivity index (χ1n) is 15.5. The van der Waals surface area contributed by atoms with Crippen LogP contribution < -0.4 is 4.90 Å². The second kappa shape index (κ2) is 9.87. The summed E-state index contributed by atoms with van der Waals surface area (Å²) in [6.45, 7) is 4.82. The number of anilines is 1.